The first-order chi connectivity index (χ1) is 10.6. The van der Waals surface area contributed by atoms with Crippen LogP contribution >= 0.6 is 0 Å². The van der Waals surface area contributed by atoms with Gasteiger partial charge in [-0.1, -0.05) is 0 Å². The number of ether oxygens (including phenoxy) is 1. The summed E-state index contributed by atoms with van der Waals surface area (Å²) in [5.74, 6) is -0.0282. The number of hydrogen-bond acceptors (Lipinski definition) is 5. The fourth-order valence-corrected chi connectivity index (χ4v) is 2.30. The van der Waals surface area contributed by atoms with Crippen LogP contribution in [0.3, 0.4) is 0 Å². The van der Waals surface area contributed by atoms with Crippen LogP contribution in [-0.4, -0.2) is 28.8 Å². The first kappa shape index (κ1) is 14.1. The molecule has 0 unspecified atom stereocenters. The molecule has 2 N–H and O–H groups in total. The Morgan fingerprint density at radius 2 is 2.32 bits per heavy atom. The van der Waals surface area contributed by atoms with Gasteiger partial charge in [-0.2, -0.15) is 0 Å². The molecule has 0 saturated carbocycles. The van der Waals surface area contributed by atoms with Crippen molar-refractivity contribution in [2.24, 2.45) is 0 Å². The number of H-pyrrole nitrogens is 1. The lowest BCUT2D eigenvalue weighted by Gasteiger charge is -1.98. The number of oxazole rings is 1. The first-order valence-corrected chi connectivity index (χ1v) is 6.90. The standard InChI is InChI=1S/C16H15N3O3/c1-3-21-16(20)14-9(2)19-15(22-14)10-4-5-13-12(6-10)11(7-17)8-18-13/h4-8,17-18H,3H2,1-2H3. The van der Waals surface area contributed by atoms with Gasteiger partial charge in [-0.3, -0.25) is 0 Å². The molecule has 2 aromatic heterocycles. The van der Waals surface area contributed by atoms with Crippen molar-refractivity contribution >= 4 is 23.1 Å². The largest absolute Gasteiger partial charge is 0.460 e. The molecule has 2 heterocycles. The van der Waals surface area contributed by atoms with Gasteiger partial charge < -0.3 is 19.5 Å². The topological polar surface area (TPSA) is 92.0 Å². The van der Waals surface area contributed by atoms with E-state index in [2.05, 4.69) is 9.97 Å². The van der Waals surface area contributed by atoms with E-state index in [9.17, 15) is 4.79 Å². The molecule has 0 bridgehead atoms. The second-order valence-electron chi connectivity index (χ2n) is 4.80. The molecule has 6 heteroatoms. The van der Waals surface area contributed by atoms with E-state index < -0.39 is 5.97 Å². The molecule has 112 valence electrons. The van der Waals surface area contributed by atoms with Crippen LogP contribution in [0.15, 0.2) is 28.8 Å². The predicted molar refractivity (Wildman–Crippen MR) is 82.4 cm³/mol. The van der Waals surface area contributed by atoms with Crippen molar-refractivity contribution in [2.75, 3.05) is 6.61 Å². The molecule has 3 aromatic rings. The third kappa shape index (κ3) is 2.28. The molecule has 0 atom stereocenters. The molecule has 0 aliphatic heterocycles. The van der Waals surface area contributed by atoms with Gasteiger partial charge in [0, 0.05) is 34.4 Å². The lowest BCUT2D eigenvalue weighted by atomic mass is 10.1. The lowest BCUT2D eigenvalue weighted by Crippen LogP contribution is -2.04. The molecular formula is C16H15N3O3. The Morgan fingerprint density at radius 3 is 3.05 bits per heavy atom. The normalized spacial score (nSPS) is 10.8. The number of aryl methyl sites for hydroxylation is 1. The molecule has 0 spiro atoms. The van der Waals surface area contributed by atoms with Crippen LogP contribution in [-0.2, 0) is 4.74 Å². The number of nitrogens with zero attached hydrogens (tertiary/aromatic N) is 1. The van der Waals surface area contributed by atoms with Crippen molar-refractivity contribution in [1.29, 1.82) is 5.41 Å². The monoisotopic (exact) mass is 297 g/mol. The number of rotatable bonds is 4. The van der Waals surface area contributed by atoms with Gasteiger partial charge in [0.25, 0.3) is 0 Å². The van der Waals surface area contributed by atoms with Gasteiger partial charge in [0.1, 0.15) is 0 Å². The van der Waals surface area contributed by atoms with Crippen LogP contribution in [0.5, 0.6) is 0 Å². The SMILES string of the molecule is CCOC(=O)c1oc(-c2ccc3[nH]cc(C=N)c3c2)nc1C. The second kappa shape index (κ2) is 5.48. The molecule has 1 aromatic carbocycles. The summed E-state index contributed by atoms with van der Waals surface area (Å²) >= 11 is 0. The second-order valence-corrected chi connectivity index (χ2v) is 4.80. The zero-order chi connectivity index (χ0) is 15.7. The molecule has 0 aliphatic carbocycles. The minimum Gasteiger partial charge on any atom is -0.460 e. The Kier molecular flexibility index (Phi) is 3.50. The quantitative estimate of drug-likeness (QED) is 0.571. The smallest absolute Gasteiger partial charge is 0.376 e. The summed E-state index contributed by atoms with van der Waals surface area (Å²) in [6.45, 7) is 3.73. The van der Waals surface area contributed by atoms with E-state index in [0.717, 1.165) is 22.0 Å². The lowest BCUT2D eigenvalue weighted by molar-refractivity contribution is 0.0490. The van der Waals surface area contributed by atoms with E-state index in [0.29, 0.717) is 11.6 Å². The first-order valence-electron chi connectivity index (χ1n) is 6.90. The number of carbonyl (C=O) groups excluding carboxylic acids is 1. The van der Waals surface area contributed by atoms with Crippen LogP contribution in [0.25, 0.3) is 22.4 Å². The number of esters is 1. The molecule has 6 nitrogen and oxygen atoms in total. The van der Waals surface area contributed by atoms with Gasteiger partial charge in [0.15, 0.2) is 0 Å². The zero-order valence-electron chi connectivity index (χ0n) is 12.3. The summed E-state index contributed by atoms with van der Waals surface area (Å²) in [6, 6.07) is 5.63. The van der Waals surface area contributed by atoms with Gasteiger partial charge >= 0.3 is 5.97 Å². The summed E-state index contributed by atoms with van der Waals surface area (Å²) < 4.78 is 10.5. The van der Waals surface area contributed by atoms with E-state index >= 15 is 0 Å². The van der Waals surface area contributed by atoms with Gasteiger partial charge in [-0.15, -0.1) is 0 Å². The number of fused-ring (bicyclic) bond motifs is 1. The van der Waals surface area contributed by atoms with E-state index in [1.54, 1.807) is 20.0 Å². The number of nitrogens with one attached hydrogen (secondary N) is 2. The molecular weight excluding hydrogens is 282 g/mol. The van der Waals surface area contributed by atoms with Crippen molar-refractivity contribution in [3.8, 4) is 11.5 Å². The van der Waals surface area contributed by atoms with Gasteiger partial charge in [-0.25, -0.2) is 9.78 Å². The zero-order valence-corrected chi connectivity index (χ0v) is 12.3. The van der Waals surface area contributed by atoms with E-state index in [1.165, 1.54) is 6.21 Å². The fourth-order valence-electron chi connectivity index (χ4n) is 2.30. The predicted octanol–water partition coefficient (Wildman–Crippen LogP) is 3.31. The summed E-state index contributed by atoms with van der Waals surface area (Å²) in [4.78, 5) is 19.2. The van der Waals surface area contributed by atoms with Gasteiger partial charge in [0.2, 0.25) is 11.7 Å². The number of hydrogen-bond donors (Lipinski definition) is 2. The van der Waals surface area contributed by atoms with Gasteiger partial charge in [-0.05, 0) is 32.0 Å². The third-order valence-corrected chi connectivity index (χ3v) is 3.37. The summed E-state index contributed by atoms with van der Waals surface area (Å²) in [5.41, 5.74) is 2.95. The number of aromatic nitrogens is 2. The summed E-state index contributed by atoms with van der Waals surface area (Å²) in [5, 5.41) is 8.32. The maximum Gasteiger partial charge on any atom is 0.376 e. The Labute approximate surface area is 126 Å². The molecule has 0 amide bonds. The van der Waals surface area contributed by atoms with Crippen molar-refractivity contribution in [3.05, 3.63) is 41.4 Å². The van der Waals surface area contributed by atoms with Crippen LogP contribution < -0.4 is 0 Å². The van der Waals surface area contributed by atoms with Crippen LogP contribution in [0, 0.1) is 12.3 Å². The average Bonchev–Trinajstić information content (AvgIpc) is 3.10. The molecule has 0 fully saturated rings. The summed E-state index contributed by atoms with van der Waals surface area (Å²) in [6.07, 6.45) is 3.06. The fraction of sp³-hybridized carbons (Fsp3) is 0.188. The highest BCUT2D eigenvalue weighted by atomic mass is 16.5. The van der Waals surface area contributed by atoms with Crippen molar-refractivity contribution < 1.29 is 13.9 Å². The van der Waals surface area contributed by atoms with Crippen molar-refractivity contribution in [3.63, 3.8) is 0 Å². The number of aromatic amines is 1. The Morgan fingerprint density at radius 1 is 1.50 bits per heavy atom. The minimum absolute atomic E-state index is 0.123. The maximum absolute atomic E-state index is 11.8. The number of benzene rings is 1. The van der Waals surface area contributed by atoms with Crippen LogP contribution in [0.4, 0.5) is 0 Å². The maximum atomic E-state index is 11.8. The highest BCUT2D eigenvalue weighted by Gasteiger charge is 2.19. The third-order valence-electron chi connectivity index (χ3n) is 3.37. The van der Waals surface area contributed by atoms with Crippen LogP contribution in [0.1, 0.15) is 28.7 Å². The molecule has 0 radical (unpaired) electrons. The number of carbonyl (C=O) groups is 1. The highest BCUT2D eigenvalue weighted by molar-refractivity contribution is 5.99. The molecule has 0 aliphatic rings. The highest BCUT2D eigenvalue weighted by Crippen LogP contribution is 2.27. The van der Waals surface area contributed by atoms with Crippen molar-refractivity contribution in [1.82, 2.24) is 9.97 Å². The van der Waals surface area contributed by atoms with Crippen molar-refractivity contribution in [2.45, 2.75) is 13.8 Å². The molecule has 3 rings (SSSR count). The molecule has 22 heavy (non-hydrogen) atoms. The summed E-state index contributed by atoms with van der Waals surface area (Å²) in [7, 11) is 0. The molecule has 0 saturated heterocycles. The van der Waals surface area contributed by atoms with E-state index in [-0.39, 0.29) is 12.4 Å². The van der Waals surface area contributed by atoms with E-state index in [4.69, 9.17) is 14.6 Å². The van der Waals surface area contributed by atoms with Crippen LogP contribution in [0.2, 0.25) is 0 Å². The Hall–Kier alpha value is -2.89. The minimum atomic E-state index is -0.512. The Balaban J connectivity index is 2.05. The Bertz CT molecular complexity index is 861. The average molecular weight is 297 g/mol. The van der Waals surface area contributed by atoms with E-state index in [1.807, 2.05) is 18.2 Å². The van der Waals surface area contributed by atoms with Gasteiger partial charge in [0.05, 0.1) is 12.3 Å².